The van der Waals surface area contributed by atoms with Crippen LogP contribution in [-0.4, -0.2) is 21.0 Å². The molecule has 0 bridgehead atoms. The van der Waals surface area contributed by atoms with Gasteiger partial charge in [-0.2, -0.15) is 4.98 Å². The van der Waals surface area contributed by atoms with E-state index in [1.807, 2.05) is 20.8 Å². The first-order chi connectivity index (χ1) is 13.4. The summed E-state index contributed by atoms with van der Waals surface area (Å²) in [5.41, 5.74) is 1.36. The van der Waals surface area contributed by atoms with Crippen molar-refractivity contribution in [3.8, 4) is 0 Å². The summed E-state index contributed by atoms with van der Waals surface area (Å²) in [6, 6.07) is 9.62. The predicted molar refractivity (Wildman–Crippen MR) is 102 cm³/mol. The molecule has 1 atom stereocenters. The Morgan fingerprint density at radius 3 is 2.50 bits per heavy atom. The molecule has 2 N–H and O–H groups in total. The molecule has 0 fully saturated rings. The lowest BCUT2D eigenvalue weighted by molar-refractivity contribution is 0.0949. The Morgan fingerprint density at radius 1 is 1.14 bits per heavy atom. The Hall–Kier alpha value is -3.29. The molecule has 0 saturated heterocycles. The summed E-state index contributed by atoms with van der Waals surface area (Å²) in [4.78, 5) is 20.7. The number of anilines is 1. The Balaban J connectivity index is 1.55. The van der Waals surface area contributed by atoms with E-state index in [9.17, 15) is 9.18 Å². The monoisotopic (exact) mass is 383 g/mol. The molecule has 2 heterocycles. The van der Waals surface area contributed by atoms with E-state index in [-0.39, 0.29) is 30.2 Å². The van der Waals surface area contributed by atoms with Gasteiger partial charge in [0.25, 0.3) is 5.91 Å². The standard InChI is InChI=1S/C20H22FN5O2/c1-12(2)20-25-18(26-28-20)11-23-19(27)15-6-9-17(22-10-15)24-13(3)14-4-7-16(21)8-5-14/h4-10,12-13H,11H2,1-3H3,(H,22,24)(H,23,27)/t13-/m0/s1. The van der Waals surface area contributed by atoms with E-state index >= 15 is 0 Å². The highest BCUT2D eigenvalue weighted by atomic mass is 19.1. The Morgan fingerprint density at radius 2 is 1.89 bits per heavy atom. The van der Waals surface area contributed by atoms with Crippen molar-refractivity contribution in [3.05, 3.63) is 71.3 Å². The fourth-order valence-electron chi connectivity index (χ4n) is 2.51. The number of pyridine rings is 1. The molecule has 2 aromatic heterocycles. The first-order valence-corrected chi connectivity index (χ1v) is 9.01. The molecular weight excluding hydrogens is 361 g/mol. The van der Waals surface area contributed by atoms with Gasteiger partial charge in [0.15, 0.2) is 5.82 Å². The zero-order valence-electron chi connectivity index (χ0n) is 15.9. The van der Waals surface area contributed by atoms with Gasteiger partial charge < -0.3 is 15.2 Å². The van der Waals surface area contributed by atoms with E-state index in [1.54, 1.807) is 24.3 Å². The topological polar surface area (TPSA) is 92.9 Å². The number of carbonyl (C=O) groups is 1. The number of amides is 1. The smallest absolute Gasteiger partial charge is 0.253 e. The number of rotatable bonds is 7. The van der Waals surface area contributed by atoms with Crippen molar-refractivity contribution >= 4 is 11.7 Å². The molecule has 28 heavy (non-hydrogen) atoms. The zero-order chi connectivity index (χ0) is 20.1. The molecule has 0 aliphatic carbocycles. The van der Waals surface area contributed by atoms with Crippen molar-refractivity contribution in [1.29, 1.82) is 0 Å². The van der Waals surface area contributed by atoms with Crippen LogP contribution in [0.25, 0.3) is 0 Å². The van der Waals surface area contributed by atoms with Gasteiger partial charge in [-0.3, -0.25) is 4.79 Å². The van der Waals surface area contributed by atoms with Gasteiger partial charge in [0.1, 0.15) is 11.6 Å². The summed E-state index contributed by atoms with van der Waals surface area (Å²) in [5, 5.41) is 9.79. The van der Waals surface area contributed by atoms with Crippen LogP contribution in [0.3, 0.4) is 0 Å². The number of benzene rings is 1. The second kappa shape index (κ2) is 8.60. The van der Waals surface area contributed by atoms with Crippen LogP contribution in [0.1, 0.15) is 60.4 Å². The van der Waals surface area contributed by atoms with E-state index in [1.165, 1.54) is 18.3 Å². The lowest BCUT2D eigenvalue weighted by Gasteiger charge is -2.15. The van der Waals surface area contributed by atoms with Crippen LogP contribution in [0.15, 0.2) is 47.1 Å². The van der Waals surface area contributed by atoms with E-state index < -0.39 is 0 Å². The molecule has 1 aromatic carbocycles. The van der Waals surface area contributed by atoms with Gasteiger partial charge >= 0.3 is 0 Å². The zero-order valence-corrected chi connectivity index (χ0v) is 15.9. The highest BCUT2D eigenvalue weighted by molar-refractivity contribution is 5.93. The average Bonchev–Trinajstić information content (AvgIpc) is 3.16. The lowest BCUT2D eigenvalue weighted by Crippen LogP contribution is -2.23. The van der Waals surface area contributed by atoms with E-state index in [4.69, 9.17) is 4.52 Å². The number of nitrogens with zero attached hydrogens (tertiary/aromatic N) is 3. The average molecular weight is 383 g/mol. The molecular formula is C20H22FN5O2. The molecule has 0 aliphatic rings. The summed E-state index contributed by atoms with van der Waals surface area (Å²) >= 11 is 0. The number of carbonyl (C=O) groups excluding carboxylic acids is 1. The summed E-state index contributed by atoms with van der Waals surface area (Å²) in [5.74, 6) is 1.17. The number of hydrogen-bond acceptors (Lipinski definition) is 6. The van der Waals surface area contributed by atoms with Crippen LogP contribution in [0.2, 0.25) is 0 Å². The van der Waals surface area contributed by atoms with Crippen LogP contribution < -0.4 is 10.6 Å². The molecule has 1 amide bonds. The Bertz CT molecular complexity index is 923. The predicted octanol–water partition coefficient (Wildman–Crippen LogP) is 3.83. The maximum Gasteiger partial charge on any atom is 0.253 e. The van der Waals surface area contributed by atoms with Crippen molar-refractivity contribution in [2.24, 2.45) is 0 Å². The summed E-state index contributed by atoms with van der Waals surface area (Å²) in [7, 11) is 0. The SMILES string of the molecule is CC(C)c1nc(CNC(=O)c2ccc(N[C@@H](C)c3ccc(F)cc3)nc2)no1. The van der Waals surface area contributed by atoms with Crippen molar-refractivity contribution < 1.29 is 13.7 Å². The third kappa shape index (κ3) is 4.91. The Kier molecular flexibility index (Phi) is 5.98. The van der Waals surface area contributed by atoms with E-state index in [2.05, 4.69) is 25.8 Å². The first-order valence-electron chi connectivity index (χ1n) is 9.01. The Labute approximate surface area is 162 Å². The van der Waals surface area contributed by atoms with Gasteiger partial charge in [0.05, 0.1) is 12.1 Å². The van der Waals surface area contributed by atoms with Gasteiger partial charge in [0, 0.05) is 18.2 Å². The molecule has 0 unspecified atom stereocenters. The molecule has 146 valence electrons. The van der Waals surface area contributed by atoms with Gasteiger partial charge in [-0.05, 0) is 36.8 Å². The van der Waals surface area contributed by atoms with Crippen molar-refractivity contribution in [2.75, 3.05) is 5.32 Å². The largest absolute Gasteiger partial charge is 0.364 e. The van der Waals surface area contributed by atoms with Gasteiger partial charge in [-0.1, -0.05) is 31.1 Å². The van der Waals surface area contributed by atoms with Crippen LogP contribution >= 0.6 is 0 Å². The molecule has 0 radical (unpaired) electrons. The van der Waals surface area contributed by atoms with Crippen LogP contribution in [-0.2, 0) is 6.54 Å². The van der Waals surface area contributed by atoms with Gasteiger partial charge in [0.2, 0.25) is 5.89 Å². The van der Waals surface area contributed by atoms with E-state index in [0.717, 1.165) is 5.56 Å². The third-order valence-corrected chi connectivity index (χ3v) is 4.14. The molecule has 0 aliphatic heterocycles. The van der Waals surface area contributed by atoms with Crippen molar-refractivity contribution in [1.82, 2.24) is 20.4 Å². The minimum Gasteiger partial charge on any atom is -0.364 e. The number of hydrogen-bond donors (Lipinski definition) is 2. The molecule has 3 aromatic rings. The molecule has 8 heteroatoms. The highest BCUT2D eigenvalue weighted by Gasteiger charge is 2.12. The summed E-state index contributed by atoms with van der Waals surface area (Å²) in [6.07, 6.45) is 1.49. The van der Waals surface area contributed by atoms with Crippen molar-refractivity contribution in [2.45, 2.75) is 39.3 Å². The normalized spacial score (nSPS) is 12.0. The fraction of sp³-hybridized carbons (Fsp3) is 0.300. The minimum atomic E-state index is -0.276. The van der Waals surface area contributed by atoms with Crippen molar-refractivity contribution in [3.63, 3.8) is 0 Å². The lowest BCUT2D eigenvalue weighted by atomic mass is 10.1. The molecule has 7 nitrogen and oxygen atoms in total. The van der Waals surface area contributed by atoms with Crippen LogP contribution in [0.5, 0.6) is 0 Å². The van der Waals surface area contributed by atoms with Gasteiger partial charge in [-0.25, -0.2) is 9.37 Å². The maximum absolute atomic E-state index is 13.0. The summed E-state index contributed by atoms with van der Waals surface area (Å²) < 4.78 is 18.1. The quantitative estimate of drug-likeness (QED) is 0.644. The number of aromatic nitrogens is 3. The highest BCUT2D eigenvalue weighted by Crippen LogP contribution is 2.18. The second-order valence-electron chi connectivity index (χ2n) is 6.74. The minimum absolute atomic E-state index is 0.0545. The number of nitrogens with one attached hydrogen (secondary N) is 2. The van der Waals surface area contributed by atoms with Crippen LogP contribution in [0.4, 0.5) is 10.2 Å². The number of halogens is 1. The first kappa shape index (κ1) is 19.5. The van der Waals surface area contributed by atoms with E-state index in [0.29, 0.717) is 23.1 Å². The molecule has 0 spiro atoms. The fourth-order valence-corrected chi connectivity index (χ4v) is 2.51. The second-order valence-corrected chi connectivity index (χ2v) is 6.74. The molecule has 3 rings (SSSR count). The summed E-state index contributed by atoms with van der Waals surface area (Å²) in [6.45, 7) is 6.03. The third-order valence-electron chi connectivity index (χ3n) is 4.14. The van der Waals surface area contributed by atoms with Gasteiger partial charge in [-0.15, -0.1) is 0 Å². The van der Waals surface area contributed by atoms with Crippen LogP contribution in [0, 0.1) is 5.82 Å². The maximum atomic E-state index is 13.0. The molecule has 0 saturated carbocycles.